The monoisotopic (exact) mass is 253 g/mol. The Balaban J connectivity index is 0.000000963. The summed E-state index contributed by atoms with van der Waals surface area (Å²) < 4.78 is 32.5. The molecule has 1 aliphatic carbocycles. The second-order valence-electron chi connectivity index (χ2n) is 5.33. The van der Waals surface area contributed by atoms with Crippen molar-refractivity contribution in [3.8, 4) is 0 Å². The SMILES string of the molecule is COCC1C(F)(F)C12CC1CCC(C2)N1.Cl. The molecule has 0 aromatic carbocycles. The van der Waals surface area contributed by atoms with Crippen LogP contribution >= 0.6 is 12.4 Å². The minimum absolute atomic E-state index is 0. The summed E-state index contributed by atoms with van der Waals surface area (Å²) in [5, 5.41) is 3.41. The van der Waals surface area contributed by atoms with Crippen molar-refractivity contribution in [1.29, 1.82) is 0 Å². The molecule has 3 unspecified atom stereocenters. The average Bonchev–Trinajstić information content (AvgIpc) is 2.51. The molecule has 3 rings (SSSR count). The Kier molecular flexibility index (Phi) is 2.96. The fraction of sp³-hybridized carbons (Fsp3) is 1.00. The first kappa shape index (κ1) is 12.5. The molecule has 0 amide bonds. The molecule has 3 fully saturated rings. The maximum atomic E-state index is 13.8. The zero-order valence-corrected chi connectivity index (χ0v) is 10.2. The lowest BCUT2D eigenvalue weighted by atomic mass is 9.86. The van der Waals surface area contributed by atoms with Crippen LogP contribution in [0.25, 0.3) is 0 Å². The molecule has 1 N–H and O–H groups in total. The van der Waals surface area contributed by atoms with Gasteiger partial charge in [-0.1, -0.05) is 0 Å². The maximum Gasteiger partial charge on any atom is 0.260 e. The van der Waals surface area contributed by atoms with Gasteiger partial charge in [-0.2, -0.15) is 0 Å². The molecule has 2 bridgehead atoms. The van der Waals surface area contributed by atoms with Gasteiger partial charge in [0.05, 0.1) is 12.5 Å². The van der Waals surface area contributed by atoms with E-state index in [2.05, 4.69) is 5.32 Å². The van der Waals surface area contributed by atoms with Crippen molar-refractivity contribution in [2.24, 2.45) is 11.3 Å². The molecule has 3 aliphatic rings. The summed E-state index contributed by atoms with van der Waals surface area (Å²) in [6.45, 7) is 0.215. The highest BCUT2D eigenvalue weighted by molar-refractivity contribution is 5.85. The van der Waals surface area contributed by atoms with Crippen LogP contribution in [0.4, 0.5) is 8.78 Å². The topological polar surface area (TPSA) is 21.3 Å². The number of hydrogen-bond donors (Lipinski definition) is 1. The average molecular weight is 254 g/mol. The number of ether oxygens (including phenoxy) is 1. The lowest BCUT2D eigenvalue weighted by molar-refractivity contribution is 0.0341. The fourth-order valence-electron chi connectivity index (χ4n) is 3.77. The quantitative estimate of drug-likeness (QED) is 0.815. The first-order valence-corrected chi connectivity index (χ1v) is 5.73. The molecular weight excluding hydrogens is 236 g/mol. The minimum Gasteiger partial charge on any atom is -0.384 e. The van der Waals surface area contributed by atoms with Crippen molar-refractivity contribution in [3.05, 3.63) is 0 Å². The van der Waals surface area contributed by atoms with E-state index in [0.717, 1.165) is 12.8 Å². The van der Waals surface area contributed by atoms with E-state index in [1.807, 2.05) is 0 Å². The Bertz CT molecular complexity index is 275. The van der Waals surface area contributed by atoms with Gasteiger partial charge in [-0.05, 0) is 25.7 Å². The zero-order valence-electron chi connectivity index (χ0n) is 9.34. The van der Waals surface area contributed by atoms with Gasteiger partial charge in [0.25, 0.3) is 5.92 Å². The molecule has 5 heteroatoms. The third-order valence-electron chi connectivity index (χ3n) is 4.57. The summed E-state index contributed by atoms with van der Waals surface area (Å²) >= 11 is 0. The van der Waals surface area contributed by atoms with Gasteiger partial charge in [-0.15, -0.1) is 12.4 Å². The number of rotatable bonds is 2. The van der Waals surface area contributed by atoms with Crippen molar-refractivity contribution >= 4 is 12.4 Å². The van der Waals surface area contributed by atoms with Gasteiger partial charge in [0.1, 0.15) is 0 Å². The fourth-order valence-corrected chi connectivity index (χ4v) is 3.77. The molecule has 1 spiro atoms. The van der Waals surface area contributed by atoms with Crippen molar-refractivity contribution in [1.82, 2.24) is 5.32 Å². The number of hydrogen-bond acceptors (Lipinski definition) is 2. The lowest BCUT2D eigenvalue weighted by Gasteiger charge is -2.29. The van der Waals surface area contributed by atoms with Crippen LogP contribution < -0.4 is 5.32 Å². The highest BCUT2D eigenvalue weighted by Crippen LogP contribution is 2.72. The molecule has 2 heterocycles. The summed E-state index contributed by atoms with van der Waals surface area (Å²) in [6.07, 6.45) is 3.43. The van der Waals surface area contributed by atoms with Crippen LogP contribution in [0, 0.1) is 11.3 Å². The second-order valence-corrected chi connectivity index (χ2v) is 5.33. The van der Waals surface area contributed by atoms with E-state index in [1.54, 1.807) is 0 Å². The van der Waals surface area contributed by atoms with Crippen LogP contribution in [-0.2, 0) is 4.74 Å². The summed E-state index contributed by atoms with van der Waals surface area (Å²) in [4.78, 5) is 0. The van der Waals surface area contributed by atoms with Gasteiger partial charge in [-0.25, -0.2) is 8.78 Å². The van der Waals surface area contributed by atoms with Crippen molar-refractivity contribution in [2.45, 2.75) is 43.7 Å². The van der Waals surface area contributed by atoms with Crippen molar-refractivity contribution < 1.29 is 13.5 Å². The van der Waals surface area contributed by atoms with Crippen molar-refractivity contribution in [2.75, 3.05) is 13.7 Å². The minimum atomic E-state index is -2.48. The summed E-state index contributed by atoms with van der Waals surface area (Å²) in [5.41, 5.74) is -0.722. The standard InChI is InChI=1S/C11H17F2NO.ClH/c1-15-6-9-10(11(9,12)13)4-7-2-3-8(5-10)14-7;/h7-9,14H,2-6H2,1H3;1H. The van der Waals surface area contributed by atoms with E-state index in [0.29, 0.717) is 24.9 Å². The van der Waals surface area contributed by atoms with E-state index in [-0.39, 0.29) is 19.0 Å². The van der Waals surface area contributed by atoms with Crippen molar-refractivity contribution in [3.63, 3.8) is 0 Å². The maximum absolute atomic E-state index is 13.8. The number of alkyl halides is 2. The molecule has 2 aliphatic heterocycles. The Labute approximate surface area is 101 Å². The molecular formula is C11H18ClF2NO. The summed E-state index contributed by atoms with van der Waals surface area (Å²) in [6, 6.07) is 0.660. The predicted molar refractivity (Wildman–Crippen MR) is 59.2 cm³/mol. The second kappa shape index (κ2) is 3.79. The molecule has 94 valence electrons. The zero-order chi connectivity index (χ0) is 10.7. The summed E-state index contributed by atoms with van der Waals surface area (Å²) in [7, 11) is 1.51. The molecule has 0 radical (unpaired) electrons. The highest BCUT2D eigenvalue weighted by atomic mass is 35.5. The van der Waals surface area contributed by atoms with Crippen LogP contribution in [0.1, 0.15) is 25.7 Å². The first-order valence-electron chi connectivity index (χ1n) is 5.73. The predicted octanol–water partition coefficient (Wildman–Crippen LogP) is 2.22. The Morgan fingerprint density at radius 1 is 1.25 bits per heavy atom. The van der Waals surface area contributed by atoms with E-state index >= 15 is 0 Å². The number of halogens is 3. The van der Waals surface area contributed by atoms with Crippen LogP contribution in [-0.4, -0.2) is 31.7 Å². The van der Waals surface area contributed by atoms with Gasteiger partial charge in [-0.3, -0.25) is 0 Å². The Hall–Kier alpha value is 0.0700. The third-order valence-corrected chi connectivity index (χ3v) is 4.57. The summed E-state index contributed by atoms with van der Waals surface area (Å²) in [5.74, 6) is -3.01. The first-order chi connectivity index (χ1) is 7.10. The number of nitrogens with one attached hydrogen (secondary N) is 1. The van der Waals surface area contributed by atoms with Gasteiger partial charge >= 0.3 is 0 Å². The third kappa shape index (κ3) is 1.42. The van der Waals surface area contributed by atoms with E-state index < -0.39 is 17.3 Å². The van der Waals surface area contributed by atoms with Crippen LogP contribution in [0.3, 0.4) is 0 Å². The van der Waals surface area contributed by atoms with Gasteiger partial charge in [0.15, 0.2) is 0 Å². The van der Waals surface area contributed by atoms with E-state index in [1.165, 1.54) is 7.11 Å². The molecule has 0 aromatic rings. The lowest BCUT2D eigenvalue weighted by Crippen LogP contribution is -2.41. The molecule has 2 nitrogen and oxygen atoms in total. The highest BCUT2D eigenvalue weighted by Gasteiger charge is 2.81. The number of piperidine rings is 1. The van der Waals surface area contributed by atoms with E-state index in [4.69, 9.17) is 4.74 Å². The molecule has 0 aromatic heterocycles. The Morgan fingerprint density at radius 3 is 2.31 bits per heavy atom. The van der Waals surface area contributed by atoms with Gasteiger partial charge < -0.3 is 10.1 Å². The van der Waals surface area contributed by atoms with Gasteiger partial charge in [0, 0.05) is 24.6 Å². The van der Waals surface area contributed by atoms with Crippen LogP contribution in [0.5, 0.6) is 0 Å². The molecule has 1 saturated carbocycles. The van der Waals surface area contributed by atoms with E-state index in [9.17, 15) is 8.78 Å². The molecule has 2 saturated heterocycles. The molecule has 3 atom stereocenters. The smallest absolute Gasteiger partial charge is 0.260 e. The number of fused-ring (bicyclic) bond motifs is 2. The van der Waals surface area contributed by atoms with Crippen LogP contribution in [0.15, 0.2) is 0 Å². The van der Waals surface area contributed by atoms with Crippen LogP contribution in [0.2, 0.25) is 0 Å². The number of methoxy groups -OCH3 is 1. The normalized spacial score (nSPS) is 47.8. The largest absolute Gasteiger partial charge is 0.384 e. The van der Waals surface area contributed by atoms with Gasteiger partial charge in [0.2, 0.25) is 0 Å². The molecule has 16 heavy (non-hydrogen) atoms. The Morgan fingerprint density at radius 2 is 1.81 bits per heavy atom.